The Kier molecular flexibility index (Phi) is 6.72. The van der Waals surface area contributed by atoms with Gasteiger partial charge in [-0.2, -0.15) is 0 Å². The van der Waals surface area contributed by atoms with Crippen molar-refractivity contribution in [2.75, 3.05) is 13.1 Å². The second-order valence-electron chi connectivity index (χ2n) is 6.28. The second kappa shape index (κ2) is 9.43. The van der Waals surface area contributed by atoms with Gasteiger partial charge in [-0.1, -0.05) is 24.3 Å². The van der Waals surface area contributed by atoms with Gasteiger partial charge in [0.05, 0.1) is 10.5 Å². The normalized spacial score (nSPS) is 16.6. The first kappa shape index (κ1) is 20.7. The average molecular weight is 410 g/mol. The third-order valence-electron chi connectivity index (χ3n) is 4.25. The third-order valence-corrected chi connectivity index (χ3v) is 5.30. The molecule has 29 heavy (non-hydrogen) atoms. The van der Waals surface area contributed by atoms with Gasteiger partial charge in [0.2, 0.25) is 0 Å². The maximum atomic E-state index is 12.5. The number of hydrogen-bond donors (Lipinski definition) is 1. The summed E-state index contributed by atoms with van der Waals surface area (Å²) in [5.74, 6) is -0.317. The largest absolute Gasteiger partial charge is 0.489 e. The SMILES string of the molecule is CCN=C1SC(=Cc2ccc(OCc3cccc(C(=O)O)c3)cc2)C(=O)N1CC. The standard InChI is InChI=1S/C22H22N2O4S/c1-3-23-22-24(4-2)20(25)19(29-22)13-15-8-10-18(11-9-15)28-14-16-6-5-7-17(12-16)21(26)27/h5-13H,3-4,14H2,1-2H3,(H,26,27). The Morgan fingerprint density at radius 2 is 1.97 bits per heavy atom. The van der Waals surface area contributed by atoms with Crippen molar-refractivity contribution in [3.8, 4) is 5.75 Å². The number of rotatable bonds is 7. The van der Waals surface area contributed by atoms with E-state index in [4.69, 9.17) is 9.84 Å². The highest BCUT2D eigenvalue weighted by Gasteiger charge is 2.31. The maximum Gasteiger partial charge on any atom is 0.335 e. The van der Waals surface area contributed by atoms with Crippen LogP contribution >= 0.6 is 11.8 Å². The van der Waals surface area contributed by atoms with Gasteiger partial charge in [0, 0.05) is 13.1 Å². The van der Waals surface area contributed by atoms with Crippen molar-refractivity contribution in [2.24, 2.45) is 4.99 Å². The molecule has 0 aromatic heterocycles. The van der Waals surface area contributed by atoms with Crippen LogP contribution in [-0.4, -0.2) is 40.1 Å². The molecule has 0 radical (unpaired) electrons. The van der Waals surface area contributed by atoms with Gasteiger partial charge in [-0.3, -0.25) is 14.7 Å². The van der Waals surface area contributed by atoms with Crippen molar-refractivity contribution >= 4 is 34.9 Å². The number of carbonyl (C=O) groups is 2. The molecule has 0 spiro atoms. The summed E-state index contributed by atoms with van der Waals surface area (Å²) in [4.78, 5) is 30.3. The number of carboxylic acids is 1. The van der Waals surface area contributed by atoms with Crippen LogP contribution in [0.15, 0.2) is 58.4 Å². The molecule has 150 valence electrons. The van der Waals surface area contributed by atoms with E-state index in [1.165, 1.54) is 11.8 Å². The van der Waals surface area contributed by atoms with E-state index < -0.39 is 5.97 Å². The van der Waals surface area contributed by atoms with Crippen LogP contribution in [-0.2, 0) is 11.4 Å². The number of aliphatic imine (C=N–C) groups is 1. The van der Waals surface area contributed by atoms with E-state index in [9.17, 15) is 9.59 Å². The minimum atomic E-state index is -0.961. The zero-order valence-electron chi connectivity index (χ0n) is 16.3. The van der Waals surface area contributed by atoms with Crippen LogP contribution in [0.3, 0.4) is 0 Å². The number of likely N-dealkylation sites (N-methyl/N-ethyl adjacent to an activating group) is 1. The lowest BCUT2D eigenvalue weighted by molar-refractivity contribution is -0.122. The quantitative estimate of drug-likeness (QED) is 0.690. The monoisotopic (exact) mass is 410 g/mol. The first-order valence-corrected chi connectivity index (χ1v) is 10.1. The molecule has 1 heterocycles. The van der Waals surface area contributed by atoms with Gasteiger partial charge in [0.25, 0.3) is 5.91 Å². The number of aromatic carboxylic acids is 1. The fraction of sp³-hybridized carbons (Fsp3) is 0.227. The minimum Gasteiger partial charge on any atom is -0.489 e. The highest BCUT2D eigenvalue weighted by molar-refractivity contribution is 8.18. The summed E-state index contributed by atoms with van der Waals surface area (Å²) in [6.07, 6.45) is 1.86. The van der Waals surface area contributed by atoms with Crippen LogP contribution in [0.4, 0.5) is 0 Å². The molecule has 0 aliphatic carbocycles. The van der Waals surface area contributed by atoms with E-state index in [1.807, 2.05) is 50.3 Å². The highest BCUT2D eigenvalue weighted by Crippen LogP contribution is 2.32. The van der Waals surface area contributed by atoms with Crippen LogP contribution < -0.4 is 4.74 Å². The predicted octanol–water partition coefficient (Wildman–Crippen LogP) is 4.28. The average Bonchev–Trinajstić information content (AvgIpc) is 3.02. The van der Waals surface area contributed by atoms with Crippen molar-refractivity contribution in [3.63, 3.8) is 0 Å². The van der Waals surface area contributed by atoms with Gasteiger partial charge in [0.15, 0.2) is 5.17 Å². The minimum absolute atomic E-state index is 0.0247. The van der Waals surface area contributed by atoms with Crippen LogP contribution in [0.2, 0.25) is 0 Å². The van der Waals surface area contributed by atoms with Crippen molar-refractivity contribution in [1.29, 1.82) is 0 Å². The van der Waals surface area contributed by atoms with Crippen LogP contribution in [0, 0.1) is 0 Å². The first-order chi connectivity index (χ1) is 14.0. The van der Waals surface area contributed by atoms with Gasteiger partial charge >= 0.3 is 5.97 Å². The zero-order chi connectivity index (χ0) is 20.8. The number of ether oxygens (including phenoxy) is 1. The fourth-order valence-electron chi connectivity index (χ4n) is 2.81. The fourth-order valence-corrected chi connectivity index (χ4v) is 3.92. The number of nitrogens with zero attached hydrogens (tertiary/aromatic N) is 2. The number of hydrogen-bond acceptors (Lipinski definition) is 5. The molecule has 0 unspecified atom stereocenters. The zero-order valence-corrected chi connectivity index (χ0v) is 17.1. The molecule has 1 aliphatic heterocycles. The third kappa shape index (κ3) is 5.06. The van der Waals surface area contributed by atoms with Gasteiger partial charge in [-0.25, -0.2) is 4.79 Å². The van der Waals surface area contributed by atoms with Crippen molar-refractivity contribution in [3.05, 3.63) is 70.1 Å². The van der Waals surface area contributed by atoms with Crippen LogP contribution in [0.5, 0.6) is 5.75 Å². The Labute approximate surface area is 173 Å². The Balaban J connectivity index is 1.67. The lowest BCUT2D eigenvalue weighted by Crippen LogP contribution is -2.28. The van der Waals surface area contributed by atoms with E-state index in [0.29, 0.717) is 23.7 Å². The summed E-state index contributed by atoms with van der Waals surface area (Å²) >= 11 is 1.39. The highest BCUT2D eigenvalue weighted by atomic mass is 32.2. The smallest absolute Gasteiger partial charge is 0.335 e. The molecule has 0 atom stereocenters. The molecule has 1 amide bonds. The molecule has 0 saturated carbocycles. The Bertz CT molecular complexity index is 967. The number of amidine groups is 1. The molecule has 1 saturated heterocycles. The summed E-state index contributed by atoms with van der Waals surface area (Å²) in [6.45, 7) is 5.39. The number of carboxylic acid groups (broad SMARTS) is 1. The molecule has 2 aromatic rings. The molecule has 7 heteroatoms. The Hall–Kier alpha value is -3.06. The van der Waals surface area contributed by atoms with E-state index in [2.05, 4.69) is 4.99 Å². The van der Waals surface area contributed by atoms with E-state index >= 15 is 0 Å². The number of amides is 1. The molecule has 2 aromatic carbocycles. The number of benzene rings is 2. The first-order valence-electron chi connectivity index (χ1n) is 9.32. The topological polar surface area (TPSA) is 79.2 Å². The van der Waals surface area contributed by atoms with Gasteiger partial charge < -0.3 is 9.84 Å². The van der Waals surface area contributed by atoms with Crippen molar-refractivity contribution in [2.45, 2.75) is 20.5 Å². The molecule has 0 bridgehead atoms. The molecule has 3 rings (SSSR count). The molecule has 1 N–H and O–H groups in total. The molecular weight excluding hydrogens is 388 g/mol. The molecule has 6 nitrogen and oxygen atoms in total. The van der Waals surface area contributed by atoms with Crippen molar-refractivity contribution in [1.82, 2.24) is 4.90 Å². The predicted molar refractivity (Wildman–Crippen MR) is 115 cm³/mol. The van der Waals surface area contributed by atoms with E-state index in [-0.39, 0.29) is 18.1 Å². The molecular formula is C22H22N2O4S. The molecule has 1 aliphatic rings. The molecule has 1 fully saturated rings. The summed E-state index contributed by atoms with van der Waals surface area (Å²) in [7, 11) is 0. The summed E-state index contributed by atoms with van der Waals surface area (Å²) in [5.41, 5.74) is 1.92. The van der Waals surface area contributed by atoms with Crippen molar-refractivity contribution < 1.29 is 19.4 Å². The maximum absolute atomic E-state index is 12.5. The van der Waals surface area contributed by atoms with Gasteiger partial charge in [-0.15, -0.1) is 0 Å². The van der Waals surface area contributed by atoms with Gasteiger partial charge in [0.1, 0.15) is 12.4 Å². The van der Waals surface area contributed by atoms with Gasteiger partial charge in [-0.05, 0) is 67.1 Å². The van der Waals surface area contributed by atoms with E-state index in [1.54, 1.807) is 23.1 Å². The Morgan fingerprint density at radius 3 is 2.62 bits per heavy atom. The number of carbonyl (C=O) groups excluding carboxylic acids is 1. The Morgan fingerprint density at radius 1 is 1.21 bits per heavy atom. The summed E-state index contributed by atoms with van der Waals surface area (Å²) in [5, 5.41) is 9.80. The summed E-state index contributed by atoms with van der Waals surface area (Å²) < 4.78 is 5.74. The van der Waals surface area contributed by atoms with Crippen LogP contribution in [0.1, 0.15) is 35.3 Å². The lowest BCUT2D eigenvalue weighted by atomic mass is 10.1. The van der Waals surface area contributed by atoms with E-state index in [0.717, 1.165) is 16.3 Å². The van der Waals surface area contributed by atoms with Crippen LogP contribution in [0.25, 0.3) is 6.08 Å². The number of thioether (sulfide) groups is 1. The summed E-state index contributed by atoms with van der Waals surface area (Å²) in [6, 6.07) is 14.1. The lowest BCUT2D eigenvalue weighted by Gasteiger charge is -2.11. The second-order valence-corrected chi connectivity index (χ2v) is 7.29.